The highest BCUT2D eigenvalue weighted by Gasteiger charge is 2.31. The minimum Gasteiger partial charge on any atom is -0.313 e. The number of hydrogen-bond donors (Lipinski definition) is 1. The minimum atomic E-state index is -2.83. The summed E-state index contributed by atoms with van der Waals surface area (Å²) in [5.74, 6) is 2.57. The monoisotopic (exact) mass is 307 g/mol. The maximum absolute atomic E-state index is 11.2. The molecule has 0 spiro atoms. The normalized spacial score (nSPS) is 28.8. The van der Waals surface area contributed by atoms with Crippen LogP contribution < -0.4 is 5.32 Å². The summed E-state index contributed by atoms with van der Waals surface area (Å²) in [6, 6.07) is 0.560. The standard InChI is InChI=1S/C14H29NO2S2/c1-5-15-13-7-6-12(11(2)3)10-14(13)18-8-9-19(4,16)17/h11-15H,5-10H2,1-4H3. The number of sulfone groups is 1. The van der Waals surface area contributed by atoms with Crippen molar-refractivity contribution in [2.75, 3.05) is 24.3 Å². The van der Waals surface area contributed by atoms with Crippen LogP contribution in [-0.2, 0) is 9.84 Å². The lowest BCUT2D eigenvalue weighted by Crippen LogP contribution is -2.43. The summed E-state index contributed by atoms with van der Waals surface area (Å²) in [6.45, 7) is 7.75. The highest BCUT2D eigenvalue weighted by atomic mass is 32.2. The van der Waals surface area contributed by atoms with E-state index in [1.165, 1.54) is 25.5 Å². The Morgan fingerprint density at radius 3 is 2.53 bits per heavy atom. The third-order valence-electron chi connectivity index (χ3n) is 4.03. The Balaban J connectivity index is 2.51. The predicted molar refractivity (Wildman–Crippen MR) is 85.6 cm³/mol. The minimum absolute atomic E-state index is 0.305. The van der Waals surface area contributed by atoms with Crippen LogP contribution in [0.2, 0.25) is 0 Å². The molecule has 3 atom stereocenters. The molecule has 19 heavy (non-hydrogen) atoms. The number of hydrogen-bond acceptors (Lipinski definition) is 4. The Kier molecular flexibility index (Phi) is 7.19. The van der Waals surface area contributed by atoms with E-state index in [-0.39, 0.29) is 0 Å². The summed E-state index contributed by atoms with van der Waals surface area (Å²) in [7, 11) is -2.83. The van der Waals surface area contributed by atoms with Crippen LogP contribution in [0.5, 0.6) is 0 Å². The lowest BCUT2D eigenvalue weighted by molar-refractivity contribution is 0.247. The largest absolute Gasteiger partial charge is 0.313 e. The second-order valence-corrected chi connectivity index (χ2v) is 9.63. The van der Waals surface area contributed by atoms with Gasteiger partial charge < -0.3 is 5.32 Å². The first-order chi connectivity index (χ1) is 8.83. The molecular formula is C14H29NO2S2. The van der Waals surface area contributed by atoms with E-state index < -0.39 is 9.84 Å². The van der Waals surface area contributed by atoms with Crippen LogP contribution in [0.4, 0.5) is 0 Å². The van der Waals surface area contributed by atoms with Crippen LogP contribution in [0.3, 0.4) is 0 Å². The summed E-state index contributed by atoms with van der Waals surface area (Å²) < 4.78 is 22.4. The maximum atomic E-state index is 11.2. The molecule has 0 amide bonds. The van der Waals surface area contributed by atoms with E-state index >= 15 is 0 Å². The maximum Gasteiger partial charge on any atom is 0.148 e. The Bertz CT molecular complexity index is 354. The molecule has 1 aliphatic carbocycles. The molecule has 0 bridgehead atoms. The number of thioether (sulfide) groups is 1. The molecule has 1 fully saturated rings. The van der Waals surface area contributed by atoms with Crippen LogP contribution in [0.25, 0.3) is 0 Å². The molecule has 1 saturated carbocycles. The Morgan fingerprint density at radius 2 is 2.00 bits per heavy atom. The van der Waals surface area contributed by atoms with Crippen molar-refractivity contribution in [2.45, 2.75) is 51.3 Å². The Labute approximate surface area is 123 Å². The van der Waals surface area contributed by atoms with Crippen LogP contribution >= 0.6 is 11.8 Å². The lowest BCUT2D eigenvalue weighted by Gasteiger charge is -2.38. The summed E-state index contributed by atoms with van der Waals surface area (Å²) in [4.78, 5) is 0. The first-order valence-corrected chi connectivity index (χ1v) is 10.5. The van der Waals surface area contributed by atoms with E-state index in [0.717, 1.165) is 24.1 Å². The zero-order valence-electron chi connectivity index (χ0n) is 12.7. The van der Waals surface area contributed by atoms with E-state index in [1.807, 2.05) is 11.8 Å². The van der Waals surface area contributed by atoms with Crippen molar-refractivity contribution in [1.82, 2.24) is 5.32 Å². The SMILES string of the molecule is CCNC1CCC(C(C)C)CC1SCCS(C)(=O)=O. The van der Waals surface area contributed by atoms with Gasteiger partial charge in [-0.2, -0.15) is 11.8 Å². The fourth-order valence-corrected chi connectivity index (χ4v) is 5.54. The van der Waals surface area contributed by atoms with Gasteiger partial charge in [-0.25, -0.2) is 8.42 Å². The molecule has 0 heterocycles. The van der Waals surface area contributed by atoms with E-state index in [4.69, 9.17) is 0 Å². The molecule has 1 rings (SSSR count). The number of nitrogens with one attached hydrogen (secondary N) is 1. The lowest BCUT2D eigenvalue weighted by atomic mass is 9.79. The van der Waals surface area contributed by atoms with Gasteiger partial charge in [-0.05, 0) is 37.6 Å². The van der Waals surface area contributed by atoms with Crippen molar-refractivity contribution in [2.24, 2.45) is 11.8 Å². The van der Waals surface area contributed by atoms with E-state index in [0.29, 0.717) is 17.0 Å². The van der Waals surface area contributed by atoms with Crippen LogP contribution in [0, 0.1) is 11.8 Å². The molecule has 0 aromatic carbocycles. The van der Waals surface area contributed by atoms with Gasteiger partial charge in [-0.1, -0.05) is 20.8 Å². The third kappa shape index (κ3) is 6.50. The van der Waals surface area contributed by atoms with Gasteiger partial charge in [-0.15, -0.1) is 0 Å². The zero-order chi connectivity index (χ0) is 14.5. The van der Waals surface area contributed by atoms with Crippen molar-refractivity contribution in [3.63, 3.8) is 0 Å². The van der Waals surface area contributed by atoms with E-state index in [9.17, 15) is 8.42 Å². The summed E-state index contributed by atoms with van der Waals surface area (Å²) in [5.41, 5.74) is 0. The fourth-order valence-electron chi connectivity index (χ4n) is 2.80. The molecule has 0 aromatic heterocycles. The topological polar surface area (TPSA) is 46.2 Å². The average Bonchev–Trinajstić information content (AvgIpc) is 2.29. The van der Waals surface area contributed by atoms with Gasteiger partial charge >= 0.3 is 0 Å². The molecule has 0 aromatic rings. The first-order valence-electron chi connectivity index (χ1n) is 7.36. The first kappa shape index (κ1) is 17.3. The zero-order valence-corrected chi connectivity index (χ0v) is 14.3. The van der Waals surface area contributed by atoms with Crippen molar-refractivity contribution in [3.8, 4) is 0 Å². The van der Waals surface area contributed by atoms with Gasteiger partial charge in [0.25, 0.3) is 0 Å². The van der Waals surface area contributed by atoms with Crippen molar-refractivity contribution in [1.29, 1.82) is 0 Å². The van der Waals surface area contributed by atoms with Gasteiger partial charge in [0.15, 0.2) is 0 Å². The quantitative estimate of drug-likeness (QED) is 0.785. The van der Waals surface area contributed by atoms with Gasteiger partial charge in [0.2, 0.25) is 0 Å². The van der Waals surface area contributed by atoms with Gasteiger partial charge in [0.05, 0.1) is 5.75 Å². The molecule has 0 saturated heterocycles. The van der Waals surface area contributed by atoms with Crippen LogP contribution in [-0.4, -0.2) is 44.0 Å². The highest BCUT2D eigenvalue weighted by Crippen LogP contribution is 2.36. The van der Waals surface area contributed by atoms with E-state index in [2.05, 4.69) is 26.1 Å². The number of rotatable bonds is 7. The molecule has 3 unspecified atom stereocenters. The molecule has 0 aliphatic heterocycles. The average molecular weight is 308 g/mol. The van der Waals surface area contributed by atoms with Gasteiger partial charge in [-0.3, -0.25) is 0 Å². The Hall–Kier alpha value is 0.260. The van der Waals surface area contributed by atoms with Crippen molar-refractivity contribution >= 4 is 21.6 Å². The van der Waals surface area contributed by atoms with Gasteiger partial charge in [0, 0.05) is 23.3 Å². The Morgan fingerprint density at radius 1 is 1.32 bits per heavy atom. The highest BCUT2D eigenvalue weighted by molar-refractivity contribution is 8.01. The van der Waals surface area contributed by atoms with Crippen molar-refractivity contribution in [3.05, 3.63) is 0 Å². The second kappa shape index (κ2) is 7.89. The molecule has 1 aliphatic rings. The molecule has 3 nitrogen and oxygen atoms in total. The van der Waals surface area contributed by atoms with Gasteiger partial charge in [0.1, 0.15) is 9.84 Å². The fraction of sp³-hybridized carbons (Fsp3) is 1.00. The van der Waals surface area contributed by atoms with Crippen LogP contribution in [0.15, 0.2) is 0 Å². The van der Waals surface area contributed by atoms with Crippen molar-refractivity contribution < 1.29 is 8.42 Å². The molecule has 5 heteroatoms. The smallest absolute Gasteiger partial charge is 0.148 e. The summed E-state index contributed by atoms with van der Waals surface area (Å²) >= 11 is 1.85. The second-order valence-electron chi connectivity index (χ2n) is 6.02. The molecule has 114 valence electrons. The molecule has 0 radical (unpaired) electrons. The predicted octanol–water partition coefficient (Wildman–Crippen LogP) is 2.57. The summed E-state index contributed by atoms with van der Waals surface area (Å²) in [5, 5.41) is 4.14. The van der Waals surface area contributed by atoms with Crippen LogP contribution in [0.1, 0.15) is 40.0 Å². The summed E-state index contributed by atoms with van der Waals surface area (Å²) in [6.07, 6.45) is 5.09. The molecule has 1 N–H and O–H groups in total. The molecular weight excluding hydrogens is 278 g/mol. The van der Waals surface area contributed by atoms with E-state index in [1.54, 1.807) is 0 Å². The third-order valence-corrected chi connectivity index (χ3v) is 6.62.